The topological polar surface area (TPSA) is 75.6 Å². The fourth-order valence-electron chi connectivity index (χ4n) is 0.960. The maximum atomic E-state index is 12.4. The van der Waals surface area contributed by atoms with E-state index in [1.54, 1.807) is 0 Å². The molecular formula is C10H16F3NO4. The van der Waals surface area contributed by atoms with Crippen LogP contribution in [0.3, 0.4) is 0 Å². The van der Waals surface area contributed by atoms with Gasteiger partial charge in [-0.15, -0.1) is 0 Å². The Morgan fingerprint density at radius 2 is 1.67 bits per heavy atom. The van der Waals surface area contributed by atoms with Crippen molar-refractivity contribution in [1.29, 1.82) is 0 Å². The number of alkyl halides is 3. The Kier molecular flexibility index (Phi) is 5.00. The van der Waals surface area contributed by atoms with Crippen molar-refractivity contribution in [3.05, 3.63) is 0 Å². The molecule has 1 amide bonds. The van der Waals surface area contributed by atoms with Crippen molar-refractivity contribution < 1.29 is 32.6 Å². The molecule has 0 saturated carbocycles. The number of alkyl carbamates (subject to hydrolysis) is 1. The van der Waals surface area contributed by atoms with Crippen molar-refractivity contribution in [3.8, 4) is 0 Å². The molecule has 0 rings (SSSR count). The van der Waals surface area contributed by atoms with Gasteiger partial charge in [0, 0.05) is 0 Å². The third-order valence-electron chi connectivity index (χ3n) is 2.24. The normalized spacial score (nSPS) is 14.2. The summed E-state index contributed by atoms with van der Waals surface area (Å²) in [4.78, 5) is 22.0. The maximum Gasteiger partial charge on any atom is 0.427 e. The summed E-state index contributed by atoms with van der Waals surface area (Å²) in [6, 6.07) is -1.30. The summed E-state index contributed by atoms with van der Waals surface area (Å²) in [5, 5.41) is 10.6. The Labute approximate surface area is 102 Å². The minimum atomic E-state index is -4.74. The number of carbonyl (C=O) groups excluding carboxylic acids is 1. The first-order valence-electron chi connectivity index (χ1n) is 5.17. The Morgan fingerprint density at radius 3 is 1.94 bits per heavy atom. The zero-order valence-corrected chi connectivity index (χ0v) is 10.5. The van der Waals surface area contributed by atoms with E-state index in [2.05, 4.69) is 4.74 Å². The number of nitrogens with one attached hydrogen (secondary N) is 1. The first kappa shape index (κ1) is 16.5. The molecule has 0 saturated heterocycles. The summed E-state index contributed by atoms with van der Waals surface area (Å²) in [6.07, 6.45) is -6.15. The van der Waals surface area contributed by atoms with Gasteiger partial charge in [-0.1, -0.05) is 13.8 Å². The van der Waals surface area contributed by atoms with Crippen LogP contribution in [0, 0.1) is 5.92 Å². The number of hydrogen-bond acceptors (Lipinski definition) is 3. The van der Waals surface area contributed by atoms with E-state index in [4.69, 9.17) is 5.11 Å². The lowest BCUT2D eigenvalue weighted by Gasteiger charge is -2.28. The summed E-state index contributed by atoms with van der Waals surface area (Å²) >= 11 is 0. The van der Waals surface area contributed by atoms with E-state index in [0.717, 1.165) is 0 Å². The van der Waals surface area contributed by atoms with Crippen molar-refractivity contribution in [1.82, 2.24) is 5.32 Å². The molecular weight excluding hydrogens is 255 g/mol. The van der Waals surface area contributed by atoms with E-state index >= 15 is 0 Å². The van der Waals surface area contributed by atoms with Crippen LogP contribution in [0.1, 0.15) is 27.7 Å². The van der Waals surface area contributed by atoms with Gasteiger partial charge in [0.1, 0.15) is 6.04 Å². The molecule has 0 aromatic heterocycles. The van der Waals surface area contributed by atoms with Gasteiger partial charge < -0.3 is 15.2 Å². The Hall–Kier alpha value is -1.47. The van der Waals surface area contributed by atoms with Crippen molar-refractivity contribution in [3.63, 3.8) is 0 Å². The second-order valence-electron chi connectivity index (χ2n) is 4.60. The van der Waals surface area contributed by atoms with Crippen LogP contribution < -0.4 is 5.32 Å². The molecule has 0 aromatic carbocycles. The summed E-state index contributed by atoms with van der Waals surface area (Å²) < 4.78 is 41.5. The molecule has 0 heterocycles. The molecule has 0 aliphatic rings. The van der Waals surface area contributed by atoms with Crippen LogP contribution in [0.15, 0.2) is 0 Å². The molecule has 5 nitrogen and oxygen atoms in total. The number of halogens is 3. The molecule has 18 heavy (non-hydrogen) atoms. The van der Waals surface area contributed by atoms with Crippen molar-refractivity contribution in [2.24, 2.45) is 5.92 Å². The van der Waals surface area contributed by atoms with E-state index in [1.807, 2.05) is 5.32 Å². The quantitative estimate of drug-likeness (QED) is 0.821. The molecule has 0 aliphatic carbocycles. The van der Waals surface area contributed by atoms with Crippen molar-refractivity contribution >= 4 is 12.1 Å². The molecule has 0 radical (unpaired) electrons. The smallest absolute Gasteiger partial charge is 0.427 e. The average Bonchev–Trinajstić information content (AvgIpc) is 2.10. The van der Waals surface area contributed by atoms with Crippen LogP contribution in [-0.2, 0) is 9.53 Å². The number of aliphatic carboxylic acids is 1. The van der Waals surface area contributed by atoms with Crippen LogP contribution in [0.2, 0.25) is 0 Å². The van der Waals surface area contributed by atoms with E-state index < -0.39 is 35.8 Å². The third-order valence-corrected chi connectivity index (χ3v) is 2.24. The van der Waals surface area contributed by atoms with Crippen LogP contribution in [-0.4, -0.2) is 35.0 Å². The third kappa shape index (κ3) is 4.42. The standard InChI is InChI=1S/C10H16F3NO4/c1-5(2)6(7(15)16)14-8(17)18-9(3,4)10(11,12)13/h5-6H,1-4H3,(H,14,17)(H,15,16)/t6-/m0/s1. The lowest BCUT2D eigenvalue weighted by Crippen LogP contribution is -2.50. The number of carboxylic acids is 1. The molecule has 0 bridgehead atoms. The first-order chi connectivity index (χ1) is 7.88. The van der Waals surface area contributed by atoms with Gasteiger partial charge in [0.05, 0.1) is 0 Å². The zero-order valence-electron chi connectivity index (χ0n) is 10.5. The van der Waals surface area contributed by atoms with Gasteiger partial charge in [-0.25, -0.2) is 9.59 Å². The number of ether oxygens (including phenoxy) is 1. The van der Waals surface area contributed by atoms with Gasteiger partial charge in [-0.3, -0.25) is 0 Å². The molecule has 8 heteroatoms. The second kappa shape index (κ2) is 5.45. The summed E-state index contributed by atoms with van der Waals surface area (Å²) in [6.45, 7) is 4.37. The summed E-state index contributed by atoms with van der Waals surface area (Å²) in [7, 11) is 0. The highest BCUT2D eigenvalue weighted by Crippen LogP contribution is 2.32. The Balaban J connectivity index is 4.66. The largest absolute Gasteiger partial charge is 0.480 e. The van der Waals surface area contributed by atoms with Gasteiger partial charge in [0.15, 0.2) is 0 Å². The van der Waals surface area contributed by atoms with E-state index in [1.165, 1.54) is 13.8 Å². The predicted molar refractivity (Wildman–Crippen MR) is 56.0 cm³/mol. The van der Waals surface area contributed by atoms with Gasteiger partial charge in [0.25, 0.3) is 0 Å². The number of carboxylic acid groups (broad SMARTS) is 1. The molecule has 0 aliphatic heterocycles. The summed E-state index contributed by atoms with van der Waals surface area (Å²) in [5.41, 5.74) is -2.68. The van der Waals surface area contributed by atoms with Crippen LogP contribution in [0.5, 0.6) is 0 Å². The minimum absolute atomic E-state index is 0.482. The molecule has 0 unspecified atom stereocenters. The minimum Gasteiger partial charge on any atom is -0.480 e. The fourth-order valence-corrected chi connectivity index (χ4v) is 0.960. The molecule has 106 valence electrons. The van der Waals surface area contributed by atoms with Crippen LogP contribution in [0.4, 0.5) is 18.0 Å². The monoisotopic (exact) mass is 271 g/mol. The van der Waals surface area contributed by atoms with Gasteiger partial charge >= 0.3 is 18.2 Å². The highest BCUT2D eigenvalue weighted by Gasteiger charge is 2.51. The number of hydrogen-bond donors (Lipinski definition) is 2. The lowest BCUT2D eigenvalue weighted by atomic mass is 10.1. The van der Waals surface area contributed by atoms with Gasteiger partial charge in [-0.05, 0) is 19.8 Å². The summed E-state index contributed by atoms with van der Waals surface area (Å²) in [5.74, 6) is -1.82. The van der Waals surface area contributed by atoms with Gasteiger partial charge in [-0.2, -0.15) is 13.2 Å². The molecule has 0 fully saturated rings. The number of amides is 1. The SMILES string of the molecule is CC(C)[C@H](NC(=O)OC(C)(C)C(F)(F)F)C(=O)O. The second-order valence-corrected chi connectivity index (χ2v) is 4.60. The Bertz CT molecular complexity index is 326. The predicted octanol–water partition coefficient (Wildman–Crippen LogP) is 2.16. The first-order valence-corrected chi connectivity index (χ1v) is 5.17. The lowest BCUT2D eigenvalue weighted by molar-refractivity contribution is -0.244. The maximum absolute atomic E-state index is 12.4. The van der Waals surface area contributed by atoms with Crippen molar-refractivity contribution in [2.75, 3.05) is 0 Å². The highest BCUT2D eigenvalue weighted by molar-refractivity contribution is 5.80. The molecule has 1 atom stereocenters. The van der Waals surface area contributed by atoms with Gasteiger partial charge in [0.2, 0.25) is 5.60 Å². The van der Waals surface area contributed by atoms with E-state index in [0.29, 0.717) is 13.8 Å². The number of rotatable bonds is 4. The van der Waals surface area contributed by atoms with E-state index in [-0.39, 0.29) is 0 Å². The average molecular weight is 271 g/mol. The number of carbonyl (C=O) groups is 2. The zero-order chi connectivity index (χ0) is 14.7. The van der Waals surface area contributed by atoms with Crippen LogP contribution in [0.25, 0.3) is 0 Å². The fraction of sp³-hybridized carbons (Fsp3) is 0.800. The molecule has 0 spiro atoms. The van der Waals surface area contributed by atoms with Crippen LogP contribution >= 0.6 is 0 Å². The van der Waals surface area contributed by atoms with E-state index in [9.17, 15) is 22.8 Å². The molecule has 0 aromatic rings. The highest BCUT2D eigenvalue weighted by atomic mass is 19.4. The molecule has 2 N–H and O–H groups in total. The Morgan fingerprint density at radius 1 is 1.22 bits per heavy atom. The van der Waals surface area contributed by atoms with Crippen molar-refractivity contribution in [2.45, 2.75) is 45.5 Å².